The van der Waals surface area contributed by atoms with Gasteiger partial charge in [-0.2, -0.15) is 0 Å². The molecule has 0 saturated carbocycles. The first-order chi connectivity index (χ1) is 11.4. The number of anilines is 1. The number of nitrogens with zero attached hydrogens (tertiary/aromatic N) is 1. The van der Waals surface area contributed by atoms with Crippen molar-refractivity contribution >= 4 is 21.6 Å². The Balaban J connectivity index is 2.04. The highest BCUT2D eigenvalue weighted by Crippen LogP contribution is 2.18. The van der Waals surface area contributed by atoms with Crippen molar-refractivity contribution in [3.63, 3.8) is 0 Å². The summed E-state index contributed by atoms with van der Waals surface area (Å²) in [5.41, 5.74) is 0.970. The maximum absolute atomic E-state index is 12.2. The van der Waals surface area contributed by atoms with Crippen LogP contribution in [0.3, 0.4) is 0 Å². The molecule has 2 aromatic carbocycles. The first kappa shape index (κ1) is 17.8. The summed E-state index contributed by atoms with van der Waals surface area (Å²) in [6.45, 7) is 0.322. The Labute approximate surface area is 142 Å². The SMILES string of the molecule is COc1ccccc1C(=O)NCCN(c1ccccc1)S(C)(=O)=O. The number of amides is 1. The van der Waals surface area contributed by atoms with Crippen molar-refractivity contribution in [1.82, 2.24) is 5.32 Å². The van der Waals surface area contributed by atoms with E-state index in [-0.39, 0.29) is 19.0 Å². The molecule has 6 nitrogen and oxygen atoms in total. The molecule has 0 fully saturated rings. The van der Waals surface area contributed by atoms with Crippen LogP contribution in [0.5, 0.6) is 5.75 Å². The molecule has 1 amide bonds. The van der Waals surface area contributed by atoms with Crippen molar-refractivity contribution in [2.24, 2.45) is 0 Å². The first-order valence-electron chi connectivity index (χ1n) is 7.37. The van der Waals surface area contributed by atoms with Crippen molar-refractivity contribution in [2.75, 3.05) is 30.8 Å². The van der Waals surface area contributed by atoms with E-state index in [1.807, 2.05) is 6.07 Å². The number of sulfonamides is 1. The summed E-state index contributed by atoms with van der Waals surface area (Å²) in [7, 11) is -1.94. The molecule has 2 aromatic rings. The molecule has 0 aliphatic heterocycles. The molecule has 0 unspecified atom stereocenters. The van der Waals surface area contributed by atoms with Gasteiger partial charge in [0.25, 0.3) is 5.91 Å². The van der Waals surface area contributed by atoms with Gasteiger partial charge in [-0.15, -0.1) is 0 Å². The molecule has 0 heterocycles. The molecule has 0 spiro atoms. The molecule has 7 heteroatoms. The van der Waals surface area contributed by atoms with E-state index < -0.39 is 10.0 Å². The summed E-state index contributed by atoms with van der Waals surface area (Å²) in [5.74, 6) is 0.159. The van der Waals surface area contributed by atoms with Gasteiger partial charge in [-0.1, -0.05) is 30.3 Å². The number of carbonyl (C=O) groups is 1. The molecular formula is C17H20N2O4S. The second-order valence-electron chi connectivity index (χ2n) is 5.13. The average molecular weight is 348 g/mol. The Kier molecular flexibility index (Phi) is 5.81. The van der Waals surface area contributed by atoms with E-state index in [1.165, 1.54) is 11.4 Å². The molecule has 0 saturated heterocycles. The van der Waals surface area contributed by atoms with Gasteiger partial charge in [-0.05, 0) is 24.3 Å². The number of para-hydroxylation sites is 2. The number of rotatable bonds is 7. The molecule has 0 bridgehead atoms. The van der Waals surface area contributed by atoms with Gasteiger partial charge in [0.2, 0.25) is 10.0 Å². The lowest BCUT2D eigenvalue weighted by Crippen LogP contribution is -2.38. The summed E-state index contributed by atoms with van der Waals surface area (Å²) in [5, 5.41) is 2.72. The number of carbonyl (C=O) groups excluding carboxylic acids is 1. The lowest BCUT2D eigenvalue weighted by atomic mass is 10.2. The number of hydrogen-bond acceptors (Lipinski definition) is 4. The van der Waals surface area contributed by atoms with Crippen LogP contribution >= 0.6 is 0 Å². The summed E-state index contributed by atoms with van der Waals surface area (Å²) < 4.78 is 30.4. The van der Waals surface area contributed by atoms with Gasteiger partial charge in [0.15, 0.2) is 0 Å². The molecule has 0 radical (unpaired) electrons. The molecule has 1 N–H and O–H groups in total. The Morgan fingerprint density at radius 2 is 1.71 bits per heavy atom. The van der Waals surface area contributed by atoms with E-state index in [1.54, 1.807) is 48.5 Å². The van der Waals surface area contributed by atoms with Crippen LogP contribution in [-0.2, 0) is 10.0 Å². The van der Waals surface area contributed by atoms with Gasteiger partial charge in [0.1, 0.15) is 5.75 Å². The standard InChI is InChI=1S/C17H20N2O4S/c1-23-16-11-7-6-10-15(16)17(20)18-12-13-19(24(2,21)22)14-8-4-3-5-9-14/h3-11H,12-13H2,1-2H3,(H,18,20). The van der Waals surface area contributed by atoms with Gasteiger partial charge < -0.3 is 10.1 Å². The highest BCUT2D eigenvalue weighted by atomic mass is 32.2. The molecule has 0 atom stereocenters. The number of ether oxygens (including phenoxy) is 1. The van der Waals surface area contributed by atoms with Crippen LogP contribution < -0.4 is 14.4 Å². The van der Waals surface area contributed by atoms with Crippen LogP contribution in [-0.4, -0.2) is 40.8 Å². The zero-order chi connectivity index (χ0) is 17.6. The monoisotopic (exact) mass is 348 g/mol. The smallest absolute Gasteiger partial charge is 0.255 e. The second-order valence-corrected chi connectivity index (χ2v) is 7.03. The van der Waals surface area contributed by atoms with E-state index in [0.29, 0.717) is 17.0 Å². The summed E-state index contributed by atoms with van der Waals surface area (Å²) in [4.78, 5) is 12.2. The third-order valence-electron chi connectivity index (χ3n) is 3.40. The zero-order valence-electron chi connectivity index (χ0n) is 13.6. The van der Waals surface area contributed by atoms with Crippen LogP contribution in [0.25, 0.3) is 0 Å². The molecule has 0 aliphatic rings. The van der Waals surface area contributed by atoms with Gasteiger partial charge in [-0.25, -0.2) is 8.42 Å². The fourth-order valence-electron chi connectivity index (χ4n) is 2.28. The Bertz CT molecular complexity index is 791. The number of nitrogens with one attached hydrogen (secondary N) is 1. The predicted octanol–water partition coefficient (Wildman–Crippen LogP) is 1.89. The average Bonchev–Trinajstić information content (AvgIpc) is 2.58. The largest absolute Gasteiger partial charge is 0.496 e. The number of benzene rings is 2. The van der Waals surface area contributed by atoms with E-state index >= 15 is 0 Å². The summed E-state index contributed by atoms with van der Waals surface area (Å²) >= 11 is 0. The van der Waals surface area contributed by atoms with Crippen molar-refractivity contribution in [3.8, 4) is 5.75 Å². The van der Waals surface area contributed by atoms with Crippen molar-refractivity contribution in [2.45, 2.75) is 0 Å². The zero-order valence-corrected chi connectivity index (χ0v) is 14.4. The van der Waals surface area contributed by atoms with Crippen molar-refractivity contribution in [1.29, 1.82) is 0 Å². The molecule has 24 heavy (non-hydrogen) atoms. The molecule has 128 valence electrons. The lowest BCUT2D eigenvalue weighted by Gasteiger charge is -2.22. The van der Waals surface area contributed by atoms with Gasteiger partial charge in [-0.3, -0.25) is 9.10 Å². The molecule has 0 aromatic heterocycles. The summed E-state index contributed by atoms with van der Waals surface area (Å²) in [6.07, 6.45) is 1.14. The van der Waals surface area contributed by atoms with Crippen LogP contribution in [0.2, 0.25) is 0 Å². The Morgan fingerprint density at radius 1 is 1.08 bits per heavy atom. The first-order valence-corrected chi connectivity index (χ1v) is 9.22. The highest BCUT2D eigenvalue weighted by molar-refractivity contribution is 7.92. The van der Waals surface area contributed by atoms with E-state index in [0.717, 1.165) is 6.26 Å². The Morgan fingerprint density at radius 3 is 2.33 bits per heavy atom. The van der Waals surface area contributed by atoms with Crippen LogP contribution in [0.15, 0.2) is 54.6 Å². The molecule has 0 aliphatic carbocycles. The third kappa shape index (κ3) is 4.48. The quantitative estimate of drug-likeness (QED) is 0.829. The predicted molar refractivity (Wildman–Crippen MR) is 94.0 cm³/mol. The fourth-order valence-corrected chi connectivity index (χ4v) is 3.21. The van der Waals surface area contributed by atoms with Gasteiger partial charge in [0.05, 0.1) is 31.2 Å². The number of methoxy groups -OCH3 is 1. The maximum Gasteiger partial charge on any atom is 0.255 e. The van der Waals surface area contributed by atoms with Crippen molar-refractivity contribution in [3.05, 3.63) is 60.2 Å². The van der Waals surface area contributed by atoms with E-state index in [4.69, 9.17) is 4.74 Å². The van der Waals surface area contributed by atoms with Crippen LogP contribution in [0, 0.1) is 0 Å². The van der Waals surface area contributed by atoms with E-state index in [9.17, 15) is 13.2 Å². The Hall–Kier alpha value is -2.54. The minimum Gasteiger partial charge on any atom is -0.496 e. The second kappa shape index (κ2) is 7.83. The van der Waals surface area contributed by atoms with E-state index in [2.05, 4.69) is 5.32 Å². The van der Waals surface area contributed by atoms with Crippen LogP contribution in [0.1, 0.15) is 10.4 Å². The molecular weight excluding hydrogens is 328 g/mol. The molecule has 2 rings (SSSR count). The van der Waals surface area contributed by atoms with Crippen molar-refractivity contribution < 1.29 is 17.9 Å². The van der Waals surface area contributed by atoms with Gasteiger partial charge >= 0.3 is 0 Å². The topological polar surface area (TPSA) is 75.7 Å². The van der Waals surface area contributed by atoms with Gasteiger partial charge in [0, 0.05) is 6.54 Å². The third-order valence-corrected chi connectivity index (χ3v) is 4.59. The maximum atomic E-state index is 12.2. The minimum atomic E-state index is -3.44. The fraction of sp³-hybridized carbons (Fsp3) is 0.235. The van der Waals surface area contributed by atoms with Crippen LogP contribution in [0.4, 0.5) is 5.69 Å². The lowest BCUT2D eigenvalue weighted by molar-refractivity contribution is 0.0952. The summed E-state index contributed by atoms with van der Waals surface area (Å²) in [6, 6.07) is 15.6. The minimum absolute atomic E-state index is 0.143. The normalized spacial score (nSPS) is 10.9. The number of hydrogen-bond donors (Lipinski definition) is 1. The highest BCUT2D eigenvalue weighted by Gasteiger charge is 2.17.